The summed E-state index contributed by atoms with van der Waals surface area (Å²) in [5.41, 5.74) is 0. The summed E-state index contributed by atoms with van der Waals surface area (Å²) in [6, 6.07) is 10.3. The Morgan fingerprint density at radius 3 is 2.28 bits per heavy atom. The van der Waals surface area contributed by atoms with Gasteiger partial charge in [0.05, 0.1) is 13.7 Å². The maximum absolute atomic E-state index is 13.3. The summed E-state index contributed by atoms with van der Waals surface area (Å²) in [4.78, 5) is -0.254. The lowest BCUT2D eigenvalue weighted by Crippen LogP contribution is -2.28. The first-order chi connectivity index (χ1) is 12.0. The minimum Gasteiger partial charge on any atom is -0.495 e. The number of methoxy groups -OCH3 is 1. The standard InChI is InChI=1S/C17H20FNO5S/c1-3-23-14-5-7-15(8-6-14)24-11-10-19-25(20,21)17-12-13(18)4-9-16(17)22-2/h4-9,12,19H,3,10-11H2,1-2H3. The number of nitrogens with one attached hydrogen (secondary N) is 1. The molecule has 0 saturated carbocycles. The molecule has 2 rings (SSSR count). The SMILES string of the molecule is CCOc1ccc(OCCNS(=O)(=O)c2cc(F)ccc2OC)cc1. The summed E-state index contributed by atoms with van der Waals surface area (Å²) in [5, 5.41) is 0. The van der Waals surface area contributed by atoms with Crippen LogP contribution in [0.25, 0.3) is 0 Å². The lowest BCUT2D eigenvalue weighted by atomic mass is 10.3. The van der Waals surface area contributed by atoms with E-state index in [1.54, 1.807) is 24.3 Å². The Morgan fingerprint density at radius 2 is 1.68 bits per heavy atom. The molecule has 1 N–H and O–H groups in total. The van der Waals surface area contributed by atoms with Crippen LogP contribution >= 0.6 is 0 Å². The van der Waals surface area contributed by atoms with Crippen LogP contribution in [0.4, 0.5) is 4.39 Å². The molecule has 0 fully saturated rings. The summed E-state index contributed by atoms with van der Waals surface area (Å²) in [6.07, 6.45) is 0. The molecule has 2 aromatic rings. The Bertz CT molecular complexity index is 793. The molecule has 136 valence electrons. The van der Waals surface area contributed by atoms with Crippen molar-refractivity contribution in [2.24, 2.45) is 0 Å². The predicted octanol–water partition coefficient (Wildman–Crippen LogP) is 2.59. The van der Waals surface area contributed by atoms with Gasteiger partial charge in [-0.3, -0.25) is 0 Å². The van der Waals surface area contributed by atoms with E-state index in [0.717, 1.165) is 17.9 Å². The summed E-state index contributed by atoms with van der Waals surface area (Å²) in [5.74, 6) is 0.730. The van der Waals surface area contributed by atoms with E-state index < -0.39 is 15.8 Å². The molecule has 8 heteroatoms. The fourth-order valence-corrected chi connectivity index (χ4v) is 3.27. The molecule has 0 radical (unpaired) electrons. The molecule has 0 aliphatic heterocycles. The lowest BCUT2D eigenvalue weighted by Gasteiger charge is -2.11. The predicted molar refractivity (Wildman–Crippen MR) is 91.2 cm³/mol. The third-order valence-electron chi connectivity index (χ3n) is 3.21. The molecule has 0 aromatic heterocycles. The highest BCUT2D eigenvalue weighted by Crippen LogP contribution is 2.24. The van der Waals surface area contributed by atoms with Crippen molar-refractivity contribution in [3.05, 3.63) is 48.3 Å². The first kappa shape index (κ1) is 19.0. The molecular weight excluding hydrogens is 349 g/mol. The second-order valence-corrected chi connectivity index (χ2v) is 6.68. The van der Waals surface area contributed by atoms with Gasteiger partial charge in [0, 0.05) is 6.54 Å². The smallest absolute Gasteiger partial charge is 0.244 e. The molecular formula is C17H20FNO5S. The topological polar surface area (TPSA) is 73.9 Å². The van der Waals surface area contributed by atoms with E-state index in [0.29, 0.717) is 12.4 Å². The normalized spacial score (nSPS) is 11.2. The monoisotopic (exact) mass is 369 g/mol. The van der Waals surface area contributed by atoms with Gasteiger partial charge in [-0.15, -0.1) is 0 Å². The van der Waals surface area contributed by atoms with Gasteiger partial charge >= 0.3 is 0 Å². The van der Waals surface area contributed by atoms with Gasteiger partial charge in [0.2, 0.25) is 10.0 Å². The van der Waals surface area contributed by atoms with Gasteiger partial charge in [-0.25, -0.2) is 17.5 Å². The summed E-state index contributed by atoms with van der Waals surface area (Å²) in [6.45, 7) is 2.61. The van der Waals surface area contributed by atoms with E-state index in [9.17, 15) is 12.8 Å². The van der Waals surface area contributed by atoms with Crippen LogP contribution in [0.5, 0.6) is 17.2 Å². The Hall–Kier alpha value is -2.32. The molecule has 0 aliphatic rings. The second-order valence-electron chi connectivity index (χ2n) is 4.95. The molecule has 0 heterocycles. The van der Waals surface area contributed by atoms with Gasteiger partial charge in [0.15, 0.2) is 0 Å². The Labute approximate surface area is 146 Å². The number of rotatable bonds is 9. The molecule has 0 bridgehead atoms. The van der Waals surface area contributed by atoms with Crippen LogP contribution in [-0.2, 0) is 10.0 Å². The molecule has 0 amide bonds. The molecule has 0 spiro atoms. The Kier molecular flexibility index (Phi) is 6.60. The van der Waals surface area contributed by atoms with E-state index in [4.69, 9.17) is 14.2 Å². The summed E-state index contributed by atoms with van der Waals surface area (Å²) in [7, 11) is -2.59. The highest BCUT2D eigenvalue weighted by Gasteiger charge is 2.19. The van der Waals surface area contributed by atoms with Crippen LogP contribution in [-0.4, -0.2) is 35.3 Å². The Balaban J connectivity index is 1.91. The van der Waals surface area contributed by atoms with Gasteiger partial charge < -0.3 is 14.2 Å². The fraction of sp³-hybridized carbons (Fsp3) is 0.294. The van der Waals surface area contributed by atoms with Crippen molar-refractivity contribution in [1.82, 2.24) is 4.72 Å². The highest BCUT2D eigenvalue weighted by molar-refractivity contribution is 7.89. The molecule has 6 nitrogen and oxygen atoms in total. The van der Waals surface area contributed by atoms with Gasteiger partial charge in [-0.2, -0.15) is 0 Å². The summed E-state index contributed by atoms with van der Waals surface area (Å²) < 4.78 is 56.0. The second kappa shape index (κ2) is 8.68. The number of hydrogen-bond donors (Lipinski definition) is 1. The lowest BCUT2D eigenvalue weighted by molar-refractivity contribution is 0.319. The van der Waals surface area contributed by atoms with Crippen LogP contribution in [0, 0.1) is 5.82 Å². The van der Waals surface area contributed by atoms with Crippen LogP contribution in [0.1, 0.15) is 6.92 Å². The van der Waals surface area contributed by atoms with Crippen molar-refractivity contribution >= 4 is 10.0 Å². The van der Waals surface area contributed by atoms with Crippen LogP contribution < -0.4 is 18.9 Å². The zero-order chi connectivity index (χ0) is 18.3. The number of ether oxygens (including phenoxy) is 3. The molecule has 0 aliphatic carbocycles. The van der Waals surface area contributed by atoms with E-state index in [1.165, 1.54) is 13.2 Å². The zero-order valence-electron chi connectivity index (χ0n) is 14.0. The van der Waals surface area contributed by atoms with E-state index in [-0.39, 0.29) is 23.8 Å². The van der Waals surface area contributed by atoms with E-state index >= 15 is 0 Å². The average Bonchev–Trinajstić information content (AvgIpc) is 2.60. The molecule has 0 atom stereocenters. The number of sulfonamides is 1. The van der Waals surface area contributed by atoms with Gasteiger partial charge in [0.25, 0.3) is 0 Å². The van der Waals surface area contributed by atoms with Crippen LogP contribution in [0.15, 0.2) is 47.4 Å². The number of benzene rings is 2. The molecule has 0 saturated heterocycles. The van der Waals surface area contributed by atoms with Crippen molar-refractivity contribution in [3.63, 3.8) is 0 Å². The van der Waals surface area contributed by atoms with Gasteiger partial charge in [0.1, 0.15) is 34.6 Å². The van der Waals surface area contributed by atoms with Crippen molar-refractivity contribution in [2.45, 2.75) is 11.8 Å². The van der Waals surface area contributed by atoms with Crippen molar-refractivity contribution < 1.29 is 27.0 Å². The number of halogens is 1. The van der Waals surface area contributed by atoms with E-state index in [2.05, 4.69) is 4.72 Å². The molecule has 0 unspecified atom stereocenters. The molecule has 25 heavy (non-hydrogen) atoms. The van der Waals surface area contributed by atoms with Crippen molar-refractivity contribution in [1.29, 1.82) is 0 Å². The van der Waals surface area contributed by atoms with Crippen LogP contribution in [0.2, 0.25) is 0 Å². The maximum Gasteiger partial charge on any atom is 0.244 e. The number of hydrogen-bond acceptors (Lipinski definition) is 5. The van der Waals surface area contributed by atoms with Gasteiger partial charge in [-0.05, 0) is 49.4 Å². The first-order valence-corrected chi connectivity index (χ1v) is 9.13. The largest absolute Gasteiger partial charge is 0.495 e. The quantitative estimate of drug-likeness (QED) is 0.688. The minimum absolute atomic E-state index is 0.0230. The van der Waals surface area contributed by atoms with Crippen molar-refractivity contribution in [3.8, 4) is 17.2 Å². The fourth-order valence-electron chi connectivity index (χ4n) is 2.08. The Morgan fingerprint density at radius 1 is 1.04 bits per heavy atom. The third-order valence-corrected chi connectivity index (χ3v) is 4.70. The zero-order valence-corrected chi connectivity index (χ0v) is 14.8. The first-order valence-electron chi connectivity index (χ1n) is 7.65. The highest BCUT2D eigenvalue weighted by atomic mass is 32.2. The molecule has 2 aromatic carbocycles. The average molecular weight is 369 g/mol. The minimum atomic E-state index is -3.91. The van der Waals surface area contributed by atoms with E-state index in [1.807, 2.05) is 6.92 Å². The van der Waals surface area contributed by atoms with Crippen LogP contribution in [0.3, 0.4) is 0 Å². The summed E-state index contributed by atoms with van der Waals surface area (Å²) >= 11 is 0. The van der Waals surface area contributed by atoms with Crippen molar-refractivity contribution in [2.75, 3.05) is 26.9 Å². The third kappa shape index (κ3) is 5.33. The van der Waals surface area contributed by atoms with Gasteiger partial charge in [-0.1, -0.05) is 0 Å². The maximum atomic E-state index is 13.3.